The van der Waals surface area contributed by atoms with E-state index in [0.29, 0.717) is 12.2 Å². The molecule has 1 aromatic rings. The molecule has 1 saturated heterocycles. The molecule has 0 saturated carbocycles. The van der Waals surface area contributed by atoms with E-state index in [0.717, 1.165) is 32.8 Å². The number of hydrogen-bond acceptors (Lipinski definition) is 7. The highest BCUT2D eigenvalue weighted by atomic mass is 16.5. The summed E-state index contributed by atoms with van der Waals surface area (Å²) in [6.45, 7) is 6.45. The van der Waals surface area contributed by atoms with Crippen molar-refractivity contribution in [2.75, 3.05) is 32.8 Å². The van der Waals surface area contributed by atoms with Crippen LogP contribution in [0.4, 0.5) is 5.88 Å². The van der Waals surface area contributed by atoms with E-state index in [9.17, 15) is 5.11 Å². The van der Waals surface area contributed by atoms with Gasteiger partial charge in [-0.15, -0.1) is 0 Å². The first kappa shape index (κ1) is 13.9. The highest BCUT2D eigenvalue weighted by molar-refractivity contribution is 5.71. The molecular formula is C11H19N5O3. The summed E-state index contributed by atoms with van der Waals surface area (Å²) in [4.78, 5) is 6.03. The minimum absolute atomic E-state index is 0.206. The van der Waals surface area contributed by atoms with Gasteiger partial charge in [-0.3, -0.25) is 9.42 Å². The van der Waals surface area contributed by atoms with Crippen LogP contribution in [0.25, 0.3) is 0 Å². The first-order valence-corrected chi connectivity index (χ1v) is 6.32. The third kappa shape index (κ3) is 3.72. The average Bonchev–Trinajstić information content (AvgIpc) is 2.78. The van der Waals surface area contributed by atoms with Gasteiger partial charge in [0.2, 0.25) is 5.27 Å². The molecule has 8 nitrogen and oxygen atoms in total. The summed E-state index contributed by atoms with van der Waals surface area (Å²) in [6.07, 6.45) is 0. The number of nitrogens with zero attached hydrogens (tertiary/aromatic N) is 4. The number of ether oxygens (including phenoxy) is 1. The highest BCUT2D eigenvalue weighted by Crippen LogP contribution is 2.13. The maximum Gasteiger partial charge on any atom is 0.325 e. The van der Waals surface area contributed by atoms with E-state index in [4.69, 9.17) is 15.0 Å². The minimum Gasteiger partial charge on any atom is -0.862 e. The fraction of sp³-hybridized carbons (Fsp3) is 0.727. The van der Waals surface area contributed by atoms with Crippen LogP contribution in [0, 0.1) is 0 Å². The average molecular weight is 269 g/mol. The molecule has 0 spiro atoms. The van der Waals surface area contributed by atoms with E-state index < -0.39 is 0 Å². The molecule has 1 aliphatic rings. The lowest BCUT2D eigenvalue weighted by atomic mass is 10.4. The second-order valence-electron chi connectivity index (χ2n) is 4.34. The van der Waals surface area contributed by atoms with Crippen molar-refractivity contribution in [1.82, 2.24) is 10.2 Å². The second kappa shape index (κ2) is 6.60. The van der Waals surface area contributed by atoms with Crippen LogP contribution < -0.4 is 15.5 Å². The SMILES string of the molecule is C/C([O-])=N/c1on[n+](CCN2CCOCC2)c1CN. The zero-order chi connectivity index (χ0) is 13.7. The maximum atomic E-state index is 11.0. The Morgan fingerprint density at radius 2 is 2.26 bits per heavy atom. The third-order valence-corrected chi connectivity index (χ3v) is 2.97. The molecule has 19 heavy (non-hydrogen) atoms. The lowest BCUT2D eigenvalue weighted by Gasteiger charge is -2.24. The number of aromatic nitrogens is 2. The van der Waals surface area contributed by atoms with Gasteiger partial charge in [0, 0.05) is 13.1 Å². The number of morpholine rings is 1. The fourth-order valence-corrected chi connectivity index (χ4v) is 1.96. The fourth-order valence-electron chi connectivity index (χ4n) is 1.96. The Labute approximate surface area is 111 Å². The van der Waals surface area contributed by atoms with Gasteiger partial charge in [0.25, 0.3) is 5.69 Å². The van der Waals surface area contributed by atoms with Gasteiger partial charge in [0.1, 0.15) is 0 Å². The van der Waals surface area contributed by atoms with Crippen LogP contribution in [-0.4, -0.2) is 48.9 Å². The van der Waals surface area contributed by atoms with Crippen LogP contribution in [0.1, 0.15) is 12.6 Å². The van der Waals surface area contributed by atoms with Gasteiger partial charge in [0.05, 0.1) is 26.3 Å². The minimum atomic E-state index is -0.328. The zero-order valence-corrected chi connectivity index (χ0v) is 11.0. The van der Waals surface area contributed by atoms with Crippen LogP contribution in [0.15, 0.2) is 9.52 Å². The third-order valence-electron chi connectivity index (χ3n) is 2.97. The predicted octanol–water partition coefficient (Wildman–Crippen LogP) is -1.84. The standard InChI is InChI=1S/C11H19N5O3/c1-9(17)13-11-10(8-12)16(14-19-11)3-2-15-4-6-18-7-5-15/h2-8,12H2,1H3. The summed E-state index contributed by atoms with van der Waals surface area (Å²) < 4.78 is 12.0. The summed E-state index contributed by atoms with van der Waals surface area (Å²) in [6, 6.07) is 0. The van der Waals surface area contributed by atoms with Crippen LogP contribution in [0.3, 0.4) is 0 Å². The van der Waals surface area contributed by atoms with Gasteiger partial charge < -0.3 is 15.6 Å². The van der Waals surface area contributed by atoms with Crippen molar-refractivity contribution in [3.63, 3.8) is 0 Å². The normalized spacial score (nSPS) is 17.9. The van der Waals surface area contributed by atoms with Crippen molar-refractivity contribution in [3.05, 3.63) is 5.69 Å². The zero-order valence-electron chi connectivity index (χ0n) is 11.0. The molecule has 0 bridgehead atoms. The van der Waals surface area contributed by atoms with E-state index in [1.165, 1.54) is 6.92 Å². The highest BCUT2D eigenvalue weighted by Gasteiger charge is 2.23. The first-order valence-electron chi connectivity index (χ1n) is 6.32. The largest absolute Gasteiger partial charge is 0.862 e. The molecule has 106 valence electrons. The maximum absolute atomic E-state index is 11.0. The Hall–Kier alpha value is -1.51. The molecule has 8 heteroatoms. The molecule has 1 aromatic heterocycles. The Bertz CT molecular complexity index is 436. The van der Waals surface area contributed by atoms with Crippen LogP contribution in [0.2, 0.25) is 0 Å². The number of nitrogens with two attached hydrogens (primary N) is 1. The number of aliphatic imine (C=N–C) groups is 1. The molecule has 0 radical (unpaired) electrons. The Kier molecular flexibility index (Phi) is 4.83. The van der Waals surface area contributed by atoms with Crippen molar-refractivity contribution in [3.8, 4) is 0 Å². The summed E-state index contributed by atoms with van der Waals surface area (Å²) in [5.74, 6) is -0.122. The number of rotatable bonds is 5. The molecule has 2 N–H and O–H groups in total. The molecule has 0 unspecified atom stereocenters. The van der Waals surface area contributed by atoms with E-state index >= 15 is 0 Å². The Morgan fingerprint density at radius 1 is 1.53 bits per heavy atom. The summed E-state index contributed by atoms with van der Waals surface area (Å²) >= 11 is 0. The van der Waals surface area contributed by atoms with Gasteiger partial charge >= 0.3 is 5.88 Å². The summed E-state index contributed by atoms with van der Waals surface area (Å²) in [5, 5.41) is 14.9. The molecule has 1 aliphatic heterocycles. The molecule has 0 atom stereocenters. The summed E-state index contributed by atoms with van der Waals surface area (Å²) in [5.41, 5.74) is 6.30. The Balaban J connectivity index is 1.99. The van der Waals surface area contributed by atoms with E-state index in [-0.39, 0.29) is 18.3 Å². The lowest BCUT2D eigenvalue weighted by Crippen LogP contribution is -2.47. The van der Waals surface area contributed by atoms with Crippen LogP contribution in [-0.2, 0) is 17.8 Å². The smallest absolute Gasteiger partial charge is 0.325 e. The first-order chi connectivity index (χ1) is 9.20. The quantitative estimate of drug-likeness (QED) is 0.383. The predicted molar refractivity (Wildman–Crippen MR) is 64.6 cm³/mol. The molecule has 0 amide bonds. The van der Waals surface area contributed by atoms with E-state index in [2.05, 4.69) is 15.2 Å². The second-order valence-corrected chi connectivity index (χ2v) is 4.34. The monoisotopic (exact) mass is 269 g/mol. The molecule has 0 aromatic carbocycles. The molecule has 1 fully saturated rings. The van der Waals surface area contributed by atoms with Crippen molar-refractivity contribution in [2.24, 2.45) is 10.7 Å². The molecule has 2 heterocycles. The van der Waals surface area contributed by atoms with Crippen molar-refractivity contribution >= 4 is 11.8 Å². The molecule has 0 aliphatic carbocycles. The van der Waals surface area contributed by atoms with E-state index in [1.807, 2.05) is 0 Å². The van der Waals surface area contributed by atoms with Crippen LogP contribution >= 0.6 is 0 Å². The van der Waals surface area contributed by atoms with Crippen molar-refractivity contribution in [1.29, 1.82) is 0 Å². The summed E-state index contributed by atoms with van der Waals surface area (Å²) in [7, 11) is 0. The Morgan fingerprint density at radius 3 is 2.89 bits per heavy atom. The molecule has 2 rings (SSSR count). The van der Waals surface area contributed by atoms with Gasteiger partial charge in [-0.05, 0) is 17.5 Å². The van der Waals surface area contributed by atoms with Gasteiger partial charge in [0.15, 0.2) is 6.54 Å². The topological polar surface area (TPSA) is 104 Å². The van der Waals surface area contributed by atoms with E-state index in [1.54, 1.807) is 4.68 Å². The lowest BCUT2D eigenvalue weighted by molar-refractivity contribution is -0.767. The van der Waals surface area contributed by atoms with Gasteiger partial charge in [-0.1, -0.05) is 0 Å². The van der Waals surface area contributed by atoms with Gasteiger partial charge in [-0.2, -0.15) is 0 Å². The van der Waals surface area contributed by atoms with Gasteiger partial charge in [-0.25, -0.2) is 4.99 Å². The van der Waals surface area contributed by atoms with Crippen molar-refractivity contribution in [2.45, 2.75) is 20.0 Å². The van der Waals surface area contributed by atoms with Crippen molar-refractivity contribution < 1.29 is 19.0 Å². The molecular weight excluding hydrogens is 250 g/mol. The number of hydrogen-bond donors (Lipinski definition) is 1. The van der Waals surface area contributed by atoms with Crippen LogP contribution in [0.5, 0.6) is 0 Å².